The van der Waals surface area contributed by atoms with Crippen molar-refractivity contribution in [2.24, 2.45) is 0 Å². The molecule has 0 bridgehead atoms. The van der Waals surface area contributed by atoms with Gasteiger partial charge in [0.2, 0.25) is 0 Å². The first kappa shape index (κ1) is 12.9. The lowest BCUT2D eigenvalue weighted by molar-refractivity contribution is 0.0953. The highest BCUT2D eigenvalue weighted by Crippen LogP contribution is 2.47. The Morgan fingerprint density at radius 3 is 2.35 bits per heavy atom. The fourth-order valence-electron chi connectivity index (χ4n) is 2.41. The minimum Gasteiger partial charge on any atom is -0.497 e. The molecule has 0 amide bonds. The topological polar surface area (TPSA) is 38.8 Å². The van der Waals surface area contributed by atoms with Crippen LogP contribution >= 0.6 is 0 Å². The molecular weight excluding hydrogens is 252 g/mol. The molecule has 1 saturated heterocycles. The molecule has 0 radical (unpaired) electrons. The second kappa shape index (κ2) is 4.76. The molecule has 0 N–H and O–H groups in total. The Balaban J connectivity index is 1.80. The van der Waals surface area contributed by atoms with E-state index in [1.807, 2.05) is 37.3 Å². The summed E-state index contributed by atoms with van der Waals surface area (Å²) in [6.45, 7) is 1.95. The van der Waals surface area contributed by atoms with Gasteiger partial charge in [-0.15, -0.1) is 0 Å². The molecule has 3 heteroatoms. The molecular formula is C17H16O3. The fraction of sp³-hybridized carbons (Fsp3) is 0.235. The number of benzene rings is 2. The van der Waals surface area contributed by atoms with E-state index in [4.69, 9.17) is 9.47 Å². The van der Waals surface area contributed by atoms with Gasteiger partial charge in [-0.05, 0) is 36.8 Å². The summed E-state index contributed by atoms with van der Waals surface area (Å²) in [5, 5.41) is 0. The predicted molar refractivity (Wildman–Crippen MR) is 76.0 cm³/mol. The lowest BCUT2D eigenvalue weighted by Gasteiger charge is -2.06. The molecule has 0 aromatic heterocycles. The Morgan fingerprint density at radius 1 is 1.10 bits per heavy atom. The van der Waals surface area contributed by atoms with Gasteiger partial charge in [0.1, 0.15) is 11.4 Å². The van der Waals surface area contributed by atoms with Gasteiger partial charge in [0.25, 0.3) is 0 Å². The van der Waals surface area contributed by atoms with E-state index in [0.29, 0.717) is 5.56 Å². The second-order valence-corrected chi connectivity index (χ2v) is 5.06. The molecule has 2 unspecified atom stereocenters. The van der Waals surface area contributed by atoms with Crippen molar-refractivity contribution in [2.45, 2.75) is 18.6 Å². The van der Waals surface area contributed by atoms with Crippen LogP contribution in [0.15, 0.2) is 54.6 Å². The molecule has 0 spiro atoms. The standard InChI is InChI=1S/C17H16O3/c1-17(13-6-4-3-5-7-13)16(20-17)15(18)12-8-10-14(19-2)11-9-12/h3-11,16H,1-2H3. The highest BCUT2D eigenvalue weighted by atomic mass is 16.6. The largest absolute Gasteiger partial charge is 0.497 e. The number of rotatable bonds is 4. The van der Waals surface area contributed by atoms with Crippen molar-refractivity contribution in [1.29, 1.82) is 0 Å². The molecule has 1 fully saturated rings. The van der Waals surface area contributed by atoms with Crippen LogP contribution < -0.4 is 4.74 Å². The van der Waals surface area contributed by atoms with Gasteiger partial charge in [0, 0.05) is 5.56 Å². The van der Waals surface area contributed by atoms with Gasteiger partial charge in [-0.2, -0.15) is 0 Å². The van der Waals surface area contributed by atoms with Crippen LogP contribution in [0.25, 0.3) is 0 Å². The first-order valence-corrected chi connectivity index (χ1v) is 6.57. The van der Waals surface area contributed by atoms with Crippen LogP contribution in [0.1, 0.15) is 22.8 Å². The van der Waals surface area contributed by atoms with Crippen LogP contribution in [0.4, 0.5) is 0 Å². The van der Waals surface area contributed by atoms with Crippen molar-refractivity contribution in [1.82, 2.24) is 0 Å². The minimum absolute atomic E-state index is 0.0130. The van der Waals surface area contributed by atoms with E-state index in [9.17, 15) is 4.79 Å². The van der Waals surface area contributed by atoms with Crippen LogP contribution in [0.5, 0.6) is 5.75 Å². The van der Waals surface area contributed by atoms with Crippen LogP contribution in [0, 0.1) is 0 Å². The number of methoxy groups -OCH3 is 1. The van der Waals surface area contributed by atoms with Crippen molar-refractivity contribution in [3.63, 3.8) is 0 Å². The molecule has 20 heavy (non-hydrogen) atoms. The smallest absolute Gasteiger partial charge is 0.194 e. The van der Waals surface area contributed by atoms with Crippen molar-refractivity contribution in [3.8, 4) is 5.75 Å². The van der Waals surface area contributed by atoms with Gasteiger partial charge in [-0.1, -0.05) is 30.3 Å². The number of epoxide rings is 1. The maximum atomic E-state index is 12.4. The molecule has 2 atom stereocenters. The maximum Gasteiger partial charge on any atom is 0.194 e. The van der Waals surface area contributed by atoms with Gasteiger partial charge in [0.15, 0.2) is 11.9 Å². The number of hydrogen-bond acceptors (Lipinski definition) is 3. The first-order chi connectivity index (χ1) is 9.65. The Kier molecular flexibility index (Phi) is 3.07. The lowest BCUT2D eigenvalue weighted by Crippen LogP contribution is -2.16. The molecule has 0 saturated carbocycles. The van der Waals surface area contributed by atoms with E-state index in [0.717, 1.165) is 11.3 Å². The molecule has 102 valence electrons. The Morgan fingerprint density at radius 2 is 1.75 bits per heavy atom. The van der Waals surface area contributed by atoms with E-state index in [1.54, 1.807) is 31.4 Å². The van der Waals surface area contributed by atoms with Crippen LogP contribution in [0.3, 0.4) is 0 Å². The maximum absolute atomic E-state index is 12.4. The highest BCUT2D eigenvalue weighted by molar-refractivity contribution is 6.02. The normalized spacial score (nSPS) is 24.2. The zero-order valence-electron chi connectivity index (χ0n) is 11.5. The predicted octanol–water partition coefficient (Wildman–Crippen LogP) is 3.19. The molecule has 2 aromatic rings. The Bertz CT molecular complexity index is 618. The third-order valence-corrected chi connectivity index (χ3v) is 3.77. The quantitative estimate of drug-likeness (QED) is 0.631. The first-order valence-electron chi connectivity index (χ1n) is 6.57. The second-order valence-electron chi connectivity index (χ2n) is 5.06. The zero-order chi connectivity index (χ0) is 14.2. The number of carbonyl (C=O) groups is 1. The number of hydrogen-bond donors (Lipinski definition) is 0. The molecule has 1 heterocycles. The molecule has 1 aliphatic rings. The van der Waals surface area contributed by atoms with E-state index in [-0.39, 0.29) is 5.78 Å². The summed E-state index contributed by atoms with van der Waals surface area (Å²) in [5.41, 5.74) is 1.18. The Hall–Kier alpha value is -2.13. The average molecular weight is 268 g/mol. The van der Waals surface area contributed by atoms with Crippen molar-refractivity contribution in [3.05, 3.63) is 65.7 Å². The summed E-state index contributed by atoms with van der Waals surface area (Å²) in [6.07, 6.45) is -0.404. The minimum atomic E-state index is -0.502. The van der Waals surface area contributed by atoms with E-state index < -0.39 is 11.7 Å². The molecule has 3 rings (SSSR count). The molecule has 0 aliphatic carbocycles. The van der Waals surface area contributed by atoms with Gasteiger partial charge in [0.05, 0.1) is 7.11 Å². The third kappa shape index (κ3) is 2.10. The van der Waals surface area contributed by atoms with Crippen molar-refractivity contribution in [2.75, 3.05) is 7.11 Å². The van der Waals surface area contributed by atoms with Gasteiger partial charge in [-0.25, -0.2) is 0 Å². The van der Waals surface area contributed by atoms with Crippen molar-refractivity contribution >= 4 is 5.78 Å². The van der Waals surface area contributed by atoms with E-state index in [2.05, 4.69) is 0 Å². The summed E-state index contributed by atoms with van der Waals surface area (Å²) in [4.78, 5) is 12.4. The van der Waals surface area contributed by atoms with Crippen LogP contribution in [-0.4, -0.2) is 19.0 Å². The van der Waals surface area contributed by atoms with Gasteiger partial charge in [-0.3, -0.25) is 4.79 Å². The number of ketones is 1. The zero-order valence-corrected chi connectivity index (χ0v) is 11.5. The van der Waals surface area contributed by atoms with Gasteiger partial charge < -0.3 is 9.47 Å². The van der Waals surface area contributed by atoms with Crippen LogP contribution in [0.2, 0.25) is 0 Å². The van der Waals surface area contributed by atoms with E-state index >= 15 is 0 Å². The van der Waals surface area contributed by atoms with Crippen LogP contribution in [-0.2, 0) is 10.3 Å². The summed E-state index contributed by atoms with van der Waals surface area (Å²) < 4.78 is 10.8. The number of Topliss-reactive ketones (excluding diaryl/α,β-unsaturated/α-hetero) is 1. The number of ether oxygens (including phenoxy) is 2. The lowest BCUT2D eigenvalue weighted by atomic mass is 9.93. The Labute approximate surface area is 118 Å². The third-order valence-electron chi connectivity index (χ3n) is 3.77. The summed E-state index contributed by atoms with van der Waals surface area (Å²) >= 11 is 0. The summed E-state index contributed by atoms with van der Waals surface area (Å²) in [6, 6.07) is 17.0. The van der Waals surface area contributed by atoms with Crippen molar-refractivity contribution < 1.29 is 14.3 Å². The summed E-state index contributed by atoms with van der Waals surface area (Å²) in [7, 11) is 1.60. The SMILES string of the molecule is COc1ccc(C(=O)C2OC2(C)c2ccccc2)cc1. The average Bonchev–Trinajstić information content (AvgIpc) is 3.21. The van der Waals surface area contributed by atoms with E-state index in [1.165, 1.54) is 0 Å². The number of carbonyl (C=O) groups excluding carboxylic acids is 1. The monoisotopic (exact) mass is 268 g/mol. The molecule has 3 nitrogen and oxygen atoms in total. The molecule has 1 aliphatic heterocycles. The fourth-order valence-corrected chi connectivity index (χ4v) is 2.41. The van der Waals surface area contributed by atoms with Gasteiger partial charge >= 0.3 is 0 Å². The summed E-state index contributed by atoms with van der Waals surface area (Å²) in [5.74, 6) is 0.753. The highest BCUT2D eigenvalue weighted by Gasteiger charge is 2.57. The molecule has 2 aromatic carbocycles.